The van der Waals surface area contributed by atoms with E-state index < -0.39 is 0 Å². The van der Waals surface area contributed by atoms with Crippen LogP contribution >= 0.6 is 11.6 Å². The maximum atomic E-state index is 13.2. The van der Waals surface area contributed by atoms with E-state index in [0.29, 0.717) is 30.1 Å². The van der Waals surface area contributed by atoms with Gasteiger partial charge in [-0.3, -0.25) is 14.6 Å². The zero-order valence-corrected chi connectivity index (χ0v) is 20.8. The molecule has 0 aromatic rings. The molecule has 2 unspecified atom stereocenters. The average molecular weight is 464 g/mol. The number of amides is 2. The molecule has 0 aromatic heterocycles. The van der Waals surface area contributed by atoms with Crippen molar-refractivity contribution in [3.63, 3.8) is 0 Å². The Balaban J connectivity index is 2.12. The lowest BCUT2D eigenvalue weighted by Crippen LogP contribution is -2.37. The summed E-state index contributed by atoms with van der Waals surface area (Å²) in [5.74, 6) is -0.219. The lowest BCUT2D eigenvalue weighted by Gasteiger charge is -2.26. The van der Waals surface area contributed by atoms with E-state index in [2.05, 4.69) is 20.5 Å². The van der Waals surface area contributed by atoms with Crippen LogP contribution in [0.4, 0.5) is 0 Å². The van der Waals surface area contributed by atoms with Gasteiger partial charge >= 0.3 is 0 Å². The van der Waals surface area contributed by atoms with E-state index in [1.165, 1.54) is 0 Å². The Hall–Kier alpha value is -1.96. The standard InChI is InChI=1S/C24H38ClN5O2/c1-6-19(23(31)28-13-12-26-3)17(2)27-11-10-20-21-16-18(25)8-9-22(21)30(24(20)32)15-7-14-29(4)5/h8,10,16,19,22,26H,6-7,9,11-15H2,1-5H3,(H,28,31). The second-order valence-corrected chi connectivity index (χ2v) is 8.99. The van der Waals surface area contributed by atoms with Crippen molar-refractivity contribution in [3.05, 3.63) is 34.4 Å². The summed E-state index contributed by atoms with van der Waals surface area (Å²) in [7, 11) is 5.93. The van der Waals surface area contributed by atoms with Crippen molar-refractivity contribution in [3.8, 4) is 0 Å². The molecule has 7 nitrogen and oxygen atoms in total. The topological polar surface area (TPSA) is 77.0 Å². The minimum Gasteiger partial charge on any atom is -0.354 e. The van der Waals surface area contributed by atoms with Gasteiger partial charge < -0.3 is 20.4 Å². The SMILES string of the molecule is CCC(C(=O)NCCNC)C(C)=NCC=C1C(=O)N(CCCN(C)C)C2CC=C(Cl)C=C12. The largest absolute Gasteiger partial charge is 0.354 e. The molecule has 2 amide bonds. The molecule has 0 spiro atoms. The van der Waals surface area contributed by atoms with Crippen molar-refractivity contribution in [1.82, 2.24) is 20.4 Å². The molecule has 1 aliphatic carbocycles. The van der Waals surface area contributed by atoms with Crippen LogP contribution < -0.4 is 10.6 Å². The fraction of sp³-hybridized carbons (Fsp3) is 0.625. The number of likely N-dealkylation sites (N-methyl/N-ethyl adjacent to an activating group) is 1. The van der Waals surface area contributed by atoms with Crippen molar-refractivity contribution in [2.45, 2.75) is 39.2 Å². The number of carbonyl (C=O) groups excluding carboxylic acids is 2. The Morgan fingerprint density at radius 1 is 1.41 bits per heavy atom. The monoisotopic (exact) mass is 463 g/mol. The Morgan fingerprint density at radius 2 is 2.16 bits per heavy atom. The summed E-state index contributed by atoms with van der Waals surface area (Å²) in [6.45, 7) is 7.20. The summed E-state index contributed by atoms with van der Waals surface area (Å²) in [4.78, 5) is 34.3. The predicted octanol–water partition coefficient (Wildman–Crippen LogP) is 2.35. The normalized spacial score (nSPS) is 21.0. The molecule has 0 saturated carbocycles. The molecular weight excluding hydrogens is 426 g/mol. The number of rotatable bonds is 12. The van der Waals surface area contributed by atoms with Gasteiger partial charge in [-0.25, -0.2) is 0 Å². The van der Waals surface area contributed by atoms with Gasteiger partial charge in [0.25, 0.3) is 5.91 Å². The molecular formula is C24H38ClN5O2. The maximum absolute atomic E-state index is 13.2. The molecule has 1 aliphatic heterocycles. The van der Waals surface area contributed by atoms with Gasteiger partial charge in [-0.1, -0.05) is 30.7 Å². The highest BCUT2D eigenvalue weighted by molar-refractivity contribution is 6.31. The van der Waals surface area contributed by atoms with Gasteiger partial charge in [-0.05, 0) is 65.5 Å². The van der Waals surface area contributed by atoms with Crippen LogP contribution in [0.25, 0.3) is 0 Å². The molecule has 2 aliphatic rings. The fourth-order valence-electron chi connectivity index (χ4n) is 4.14. The third kappa shape index (κ3) is 7.02. The van der Waals surface area contributed by atoms with Crippen molar-refractivity contribution < 1.29 is 9.59 Å². The van der Waals surface area contributed by atoms with Crippen molar-refractivity contribution in [1.29, 1.82) is 0 Å². The molecule has 0 radical (unpaired) electrons. The predicted molar refractivity (Wildman–Crippen MR) is 132 cm³/mol. The number of allylic oxidation sites excluding steroid dienone is 2. The average Bonchev–Trinajstić information content (AvgIpc) is 2.99. The molecule has 1 saturated heterocycles. The summed E-state index contributed by atoms with van der Waals surface area (Å²) in [5.41, 5.74) is 2.46. The highest BCUT2D eigenvalue weighted by Gasteiger charge is 2.39. The number of nitrogens with zero attached hydrogens (tertiary/aromatic N) is 3. The van der Waals surface area contributed by atoms with Gasteiger partial charge in [0.15, 0.2) is 0 Å². The quantitative estimate of drug-likeness (QED) is 0.264. The second-order valence-electron chi connectivity index (χ2n) is 8.55. The molecule has 178 valence electrons. The molecule has 2 N–H and O–H groups in total. The summed E-state index contributed by atoms with van der Waals surface area (Å²) >= 11 is 6.27. The zero-order valence-electron chi connectivity index (χ0n) is 20.1. The summed E-state index contributed by atoms with van der Waals surface area (Å²) in [5, 5.41) is 6.63. The van der Waals surface area contributed by atoms with Gasteiger partial charge in [0, 0.05) is 36.0 Å². The van der Waals surface area contributed by atoms with E-state index in [1.54, 1.807) is 0 Å². The van der Waals surface area contributed by atoms with Crippen molar-refractivity contribution in [2.24, 2.45) is 10.9 Å². The third-order valence-corrected chi connectivity index (χ3v) is 6.17. The molecule has 1 fully saturated rings. The molecule has 1 heterocycles. The molecule has 32 heavy (non-hydrogen) atoms. The second kappa shape index (κ2) is 12.9. The first-order valence-corrected chi connectivity index (χ1v) is 11.8. The van der Waals surface area contributed by atoms with Crippen LogP contribution in [0, 0.1) is 5.92 Å². The fourth-order valence-corrected chi connectivity index (χ4v) is 4.35. The van der Waals surface area contributed by atoms with Crippen LogP contribution in [0.2, 0.25) is 0 Å². The minimum atomic E-state index is -0.258. The van der Waals surface area contributed by atoms with Gasteiger partial charge in [-0.15, -0.1) is 0 Å². The minimum absolute atomic E-state index is 0.00682. The van der Waals surface area contributed by atoms with Crippen LogP contribution in [0.1, 0.15) is 33.1 Å². The number of nitrogens with one attached hydrogen (secondary N) is 2. The zero-order chi connectivity index (χ0) is 23.7. The highest BCUT2D eigenvalue weighted by atomic mass is 35.5. The number of aliphatic imine (C=N–C) groups is 1. The Labute approximate surface area is 197 Å². The van der Waals surface area contributed by atoms with Crippen LogP contribution in [-0.4, -0.2) is 87.2 Å². The van der Waals surface area contributed by atoms with Crippen LogP contribution in [0.3, 0.4) is 0 Å². The molecule has 2 rings (SSSR count). The van der Waals surface area contributed by atoms with E-state index in [1.807, 2.05) is 58.1 Å². The number of carbonyl (C=O) groups is 2. The van der Waals surface area contributed by atoms with Gasteiger partial charge in [0.05, 0.1) is 18.5 Å². The molecule has 8 heteroatoms. The Morgan fingerprint density at radius 3 is 2.81 bits per heavy atom. The summed E-state index contributed by atoms with van der Waals surface area (Å²) in [6, 6.07) is 0.0461. The molecule has 2 atom stereocenters. The van der Waals surface area contributed by atoms with Gasteiger partial charge in [0.2, 0.25) is 5.91 Å². The Kier molecular flexibility index (Phi) is 10.6. The van der Waals surface area contributed by atoms with Crippen LogP contribution in [0.15, 0.2) is 39.4 Å². The number of fused-ring (bicyclic) bond motifs is 1. The van der Waals surface area contributed by atoms with E-state index in [-0.39, 0.29) is 23.8 Å². The summed E-state index contributed by atoms with van der Waals surface area (Å²) in [6.07, 6.45) is 8.12. The lowest BCUT2D eigenvalue weighted by molar-refractivity contribution is -0.126. The van der Waals surface area contributed by atoms with E-state index in [4.69, 9.17) is 11.6 Å². The Bertz CT molecular complexity index is 800. The van der Waals surface area contributed by atoms with Gasteiger partial charge in [-0.2, -0.15) is 0 Å². The number of halogens is 1. The first-order chi connectivity index (χ1) is 15.3. The first-order valence-electron chi connectivity index (χ1n) is 11.5. The number of hydrogen-bond donors (Lipinski definition) is 2. The molecule has 0 bridgehead atoms. The van der Waals surface area contributed by atoms with Crippen LogP contribution in [0.5, 0.6) is 0 Å². The third-order valence-electron chi connectivity index (χ3n) is 5.91. The van der Waals surface area contributed by atoms with E-state index in [0.717, 1.165) is 43.8 Å². The smallest absolute Gasteiger partial charge is 0.254 e. The van der Waals surface area contributed by atoms with Gasteiger partial charge in [0.1, 0.15) is 0 Å². The van der Waals surface area contributed by atoms with E-state index >= 15 is 0 Å². The number of likely N-dealkylation sites (tertiary alicyclic amines) is 1. The number of hydrogen-bond acceptors (Lipinski definition) is 5. The van der Waals surface area contributed by atoms with Crippen molar-refractivity contribution in [2.75, 3.05) is 53.9 Å². The maximum Gasteiger partial charge on any atom is 0.254 e. The first kappa shape index (κ1) is 26.3. The van der Waals surface area contributed by atoms with Crippen LogP contribution in [-0.2, 0) is 9.59 Å². The lowest BCUT2D eigenvalue weighted by atomic mass is 9.96. The highest BCUT2D eigenvalue weighted by Crippen LogP contribution is 2.37. The van der Waals surface area contributed by atoms with E-state index in [9.17, 15) is 9.59 Å². The molecule has 0 aromatic carbocycles. The van der Waals surface area contributed by atoms with Crippen molar-refractivity contribution >= 4 is 29.1 Å². The summed E-state index contributed by atoms with van der Waals surface area (Å²) < 4.78 is 0.